The van der Waals surface area contributed by atoms with Crippen molar-refractivity contribution in [1.29, 1.82) is 0 Å². The van der Waals surface area contributed by atoms with E-state index in [1.807, 2.05) is 32.9 Å². The predicted octanol–water partition coefficient (Wildman–Crippen LogP) is 4.53. The molecule has 0 aromatic heterocycles. The lowest BCUT2D eigenvalue weighted by molar-refractivity contribution is 1.50. The van der Waals surface area contributed by atoms with E-state index in [9.17, 15) is 0 Å². The minimum Gasteiger partial charge on any atom is -0.136 e. The third kappa shape index (κ3) is 23.4. The summed E-state index contributed by atoms with van der Waals surface area (Å²) in [5, 5.41) is 1.48. The Hall–Kier alpha value is -1.01. The van der Waals surface area contributed by atoms with E-state index in [0.29, 0.717) is 0 Å². The predicted molar refractivity (Wildman–Crippen MR) is 121 cm³/mol. The van der Waals surface area contributed by atoms with E-state index >= 15 is 0 Å². The first kappa shape index (κ1) is 26.9. The summed E-state index contributed by atoms with van der Waals surface area (Å²) in [5.74, 6) is 5.49. The first-order chi connectivity index (χ1) is 10.7. The van der Waals surface area contributed by atoms with E-state index in [-0.39, 0.29) is 8.80 Å². The van der Waals surface area contributed by atoms with E-state index in [0.717, 1.165) is 5.56 Å². The van der Waals surface area contributed by atoms with Gasteiger partial charge in [-0.1, -0.05) is 82.9 Å². The smallest absolute Gasteiger partial charge is 0.116 e. The maximum Gasteiger partial charge on any atom is 0.116 e. The molecule has 0 aliphatic carbocycles. The summed E-state index contributed by atoms with van der Waals surface area (Å²) in [6, 6.07) is 8.32. The maximum atomic E-state index is 5.24. The van der Waals surface area contributed by atoms with Crippen molar-refractivity contribution in [2.75, 3.05) is 0 Å². The molecule has 0 atom stereocenters. The van der Waals surface area contributed by atoms with Crippen molar-refractivity contribution in [2.24, 2.45) is 0 Å². The van der Waals surface area contributed by atoms with Crippen LogP contribution in [0.4, 0.5) is 0 Å². The van der Waals surface area contributed by atoms with Crippen LogP contribution in [0, 0.1) is 23.8 Å². The second-order valence-electron chi connectivity index (χ2n) is 6.20. The van der Waals surface area contributed by atoms with E-state index in [4.69, 9.17) is 6.42 Å². The molecule has 23 heavy (non-hydrogen) atoms. The zero-order valence-electron chi connectivity index (χ0n) is 17.1. The Kier molecular flexibility index (Phi) is 22.2. The molecule has 1 aromatic rings. The zero-order valence-corrected chi connectivity index (χ0v) is 20.6. The molecule has 0 fully saturated rings. The SMILES string of the molecule is C#Cc1ccc([SiH](C)C)cc1.CC.CC#C[SiH](C)C.C[SiH](C)C. The Bertz CT molecular complexity index is 452. The van der Waals surface area contributed by atoms with Crippen LogP contribution >= 0.6 is 0 Å². The Morgan fingerprint density at radius 1 is 0.826 bits per heavy atom. The average molecular weight is 363 g/mol. The van der Waals surface area contributed by atoms with Crippen molar-refractivity contribution < 1.29 is 0 Å². The van der Waals surface area contributed by atoms with Crippen LogP contribution in [0.5, 0.6) is 0 Å². The summed E-state index contributed by atoms with van der Waals surface area (Å²) in [6.07, 6.45) is 5.24. The molecule has 0 radical (unpaired) electrons. The molecule has 1 aromatic carbocycles. The minimum absolute atomic E-state index is 0.139. The zero-order chi connectivity index (χ0) is 18.8. The first-order valence-corrected chi connectivity index (χ1v) is 18.0. The fraction of sp³-hybridized carbons (Fsp3) is 0.500. The summed E-state index contributed by atoms with van der Waals surface area (Å²) in [7, 11) is -1.30. The lowest BCUT2D eigenvalue weighted by atomic mass is 10.2. The summed E-state index contributed by atoms with van der Waals surface area (Å²) in [4.78, 5) is 0. The molecular weight excluding hydrogens is 324 g/mol. The molecule has 0 amide bonds. The van der Waals surface area contributed by atoms with Gasteiger partial charge in [-0.25, -0.2) is 0 Å². The maximum absolute atomic E-state index is 5.24. The van der Waals surface area contributed by atoms with E-state index in [2.05, 4.69) is 75.3 Å². The van der Waals surface area contributed by atoms with Crippen LogP contribution < -0.4 is 5.19 Å². The standard InChI is InChI=1S/C10H12Si.C5H10Si.C3H10Si.C2H6/c1-4-9-5-7-10(8-6-9)11(2)3;1-4-5-6(2)3;1-4(2)3;1-2/h1,5-8,11H,2-3H3;6H,1-3H3;4H,1-3H3;1-2H3. The normalized spacial score (nSPS) is 8.35. The molecular formula is C20H38Si3. The number of terminal acetylenes is 1. The molecule has 3 heteroatoms. The number of benzene rings is 1. The molecule has 0 aliphatic heterocycles. The summed E-state index contributed by atoms with van der Waals surface area (Å²) in [6.45, 7) is 21.9. The molecule has 0 spiro atoms. The van der Waals surface area contributed by atoms with E-state index < -0.39 is 17.6 Å². The van der Waals surface area contributed by atoms with Crippen molar-refractivity contribution in [3.8, 4) is 23.8 Å². The summed E-state index contributed by atoms with van der Waals surface area (Å²) in [5.41, 5.74) is 4.07. The van der Waals surface area contributed by atoms with Gasteiger partial charge in [-0.3, -0.25) is 0 Å². The molecule has 0 aliphatic rings. The van der Waals surface area contributed by atoms with Gasteiger partial charge in [0, 0.05) is 14.4 Å². The highest BCUT2D eigenvalue weighted by molar-refractivity contribution is 6.70. The van der Waals surface area contributed by atoms with Crippen LogP contribution in [0.1, 0.15) is 26.3 Å². The molecule has 130 valence electrons. The quantitative estimate of drug-likeness (QED) is 0.509. The van der Waals surface area contributed by atoms with Gasteiger partial charge in [-0.2, -0.15) is 0 Å². The Morgan fingerprint density at radius 3 is 1.39 bits per heavy atom. The van der Waals surface area contributed by atoms with Gasteiger partial charge < -0.3 is 0 Å². The van der Waals surface area contributed by atoms with Crippen molar-refractivity contribution in [3.05, 3.63) is 29.8 Å². The molecule has 0 bridgehead atoms. The molecule has 1 rings (SSSR count). The van der Waals surface area contributed by atoms with Crippen LogP contribution in [0.15, 0.2) is 24.3 Å². The van der Waals surface area contributed by atoms with Gasteiger partial charge >= 0.3 is 0 Å². The van der Waals surface area contributed by atoms with E-state index in [1.165, 1.54) is 5.19 Å². The Balaban J connectivity index is -0.000000283. The second kappa shape index (κ2) is 19.0. The van der Waals surface area contributed by atoms with Gasteiger partial charge in [0.05, 0.1) is 8.80 Å². The van der Waals surface area contributed by atoms with Crippen LogP contribution in [0.3, 0.4) is 0 Å². The average Bonchev–Trinajstić information content (AvgIpc) is 2.49. The number of hydrogen-bond donors (Lipinski definition) is 0. The summed E-state index contributed by atoms with van der Waals surface area (Å²) >= 11 is 0. The van der Waals surface area contributed by atoms with Gasteiger partial charge in [0.2, 0.25) is 0 Å². The Morgan fingerprint density at radius 2 is 1.22 bits per heavy atom. The third-order valence-electron chi connectivity index (χ3n) is 2.18. The number of hydrogen-bond acceptors (Lipinski definition) is 0. The van der Waals surface area contributed by atoms with Crippen LogP contribution in [0.2, 0.25) is 45.8 Å². The van der Waals surface area contributed by atoms with Gasteiger partial charge in [-0.05, 0) is 19.1 Å². The second-order valence-corrected chi connectivity index (χ2v) is 15.2. The van der Waals surface area contributed by atoms with E-state index in [1.54, 1.807) is 0 Å². The molecule has 0 N–H and O–H groups in total. The monoisotopic (exact) mass is 362 g/mol. The van der Waals surface area contributed by atoms with Crippen molar-refractivity contribution >= 4 is 31.6 Å². The molecule has 0 heterocycles. The fourth-order valence-electron chi connectivity index (χ4n) is 1.25. The number of rotatable bonds is 1. The van der Waals surface area contributed by atoms with Crippen LogP contribution in [-0.4, -0.2) is 26.4 Å². The van der Waals surface area contributed by atoms with Crippen LogP contribution in [0.25, 0.3) is 0 Å². The van der Waals surface area contributed by atoms with Gasteiger partial charge in [-0.15, -0.1) is 17.9 Å². The third-order valence-corrected chi connectivity index (χ3v) is 4.76. The van der Waals surface area contributed by atoms with Gasteiger partial charge in [0.15, 0.2) is 0 Å². The lowest BCUT2D eigenvalue weighted by Crippen LogP contribution is -2.21. The molecule has 0 saturated heterocycles. The molecule has 0 saturated carbocycles. The van der Waals surface area contributed by atoms with Crippen molar-refractivity contribution in [2.45, 2.75) is 66.6 Å². The van der Waals surface area contributed by atoms with Crippen molar-refractivity contribution in [1.82, 2.24) is 0 Å². The molecule has 0 nitrogen and oxygen atoms in total. The lowest BCUT2D eigenvalue weighted by Gasteiger charge is -2.01. The molecule has 0 unspecified atom stereocenters. The highest BCUT2D eigenvalue weighted by Gasteiger charge is 1.97. The Labute approximate surface area is 151 Å². The summed E-state index contributed by atoms with van der Waals surface area (Å²) < 4.78 is 0. The van der Waals surface area contributed by atoms with Gasteiger partial charge in [0.25, 0.3) is 0 Å². The van der Waals surface area contributed by atoms with Gasteiger partial charge in [0.1, 0.15) is 8.80 Å². The topological polar surface area (TPSA) is 0 Å². The highest BCUT2D eigenvalue weighted by Crippen LogP contribution is 1.94. The first-order valence-electron chi connectivity index (χ1n) is 8.73. The van der Waals surface area contributed by atoms with Crippen LogP contribution in [-0.2, 0) is 0 Å². The minimum atomic E-state index is -0.629. The highest BCUT2D eigenvalue weighted by atomic mass is 28.3. The van der Waals surface area contributed by atoms with Crippen molar-refractivity contribution in [3.63, 3.8) is 0 Å². The largest absolute Gasteiger partial charge is 0.136 e. The fourth-order valence-corrected chi connectivity index (χ4v) is 2.79.